The van der Waals surface area contributed by atoms with Gasteiger partial charge in [0.1, 0.15) is 0 Å². The molecule has 22 heavy (non-hydrogen) atoms. The molecule has 8 heteroatoms. The summed E-state index contributed by atoms with van der Waals surface area (Å²) in [5.41, 5.74) is 3.29. The van der Waals surface area contributed by atoms with Crippen LogP contribution in [0.4, 0.5) is 17.3 Å². The van der Waals surface area contributed by atoms with E-state index in [9.17, 15) is 8.42 Å². The van der Waals surface area contributed by atoms with Crippen LogP contribution in [0.1, 0.15) is 11.1 Å². The molecule has 2 N–H and O–H groups in total. The van der Waals surface area contributed by atoms with E-state index >= 15 is 0 Å². The number of hydrogen-bond donors (Lipinski definition) is 2. The molecule has 0 unspecified atom stereocenters. The van der Waals surface area contributed by atoms with E-state index in [2.05, 4.69) is 20.2 Å². The molecule has 118 valence electrons. The summed E-state index contributed by atoms with van der Waals surface area (Å²) in [6.07, 6.45) is 0. The Morgan fingerprint density at radius 2 is 1.59 bits per heavy atom. The minimum absolute atomic E-state index is 0.166. The van der Waals surface area contributed by atoms with Crippen LogP contribution >= 0.6 is 0 Å². The Morgan fingerprint density at radius 1 is 0.955 bits per heavy atom. The van der Waals surface area contributed by atoms with Crippen LogP contribution in [-0.4, -0.2) is 37.0 Å². The van der Waals surface area contributed by atoms with Crippen molar-refractivity contribution in [3.8, 4) is 0 Å². The Kier molecular flexibility index (Phi) is 4.62. The molecule has 0 aliphatic rings. The lowest BCUT2D eigenvalue weighted by Gasteiger charge is -2.12. The van der Waals surface area contributed by atoms with Gasteiger partial charge in [-0.1, -0.05) is 6.07 Å². The highest BCUT2D eigenvalue weighted by atomic mass is 32.2. The zero-order chi connectivity index (χ0) is 16.3. The number of benzene rings is 1. The molecule has 0 saturated carbocycles. The van der Waals surface area contributed by atoms with Crippen molar-refractivity contribution in [1.29, 1.82) is 0 Å². The van der Waals surface area contributed by atoms with E-state index in [0.717, 1.165) is 9.99 Å². The Hall–Kier alpha value is -2.19. The van der Waals surface area contributed by atoms with E-state index in [-0.39, 0.29) is 5.82 Å². The fraction of sp³-hybridized carbons (Fsp3) is 0.286. The van der Waals surface area contributed by atoms with Gasteiger partial charge in [0.15, 0.2) is 11.6 Å². The van der Waals surface area contributed by atoms with E-state index in [0.29, 0.717) is 5.82 Å². The average molecular weight is 321 g/mol. The number of aromatic nitrogens is 2. The van der Waals surface area contributed by atoms with E-state index in [1.807, 2.05) is 32.0 Å². The van der Waals surface area contributed by atoms with Gasteiger partial charge in [-0.3, -0.25) is 4.72 Å². The summed E-state index contributed by atoms with van der Waals surface area (Å²) in [7, 11) is -0.701. The van der Waals surface area contributed by atoms with Gasteiger partial charge in [-0.25, -0.2) is 0 Å². The molecule has 0 saturated heterocycles. The SMILES string of the molecule is Cc1ccc(Nc2ccc(NS(=O)(=O)N(C)C)nn2)cc1C. The van der Waals surface area contributed by atoms with Crippen molar-refractivity contribution in [2.24, 2.45) is 0 Å². The standard InChI is InChI=1S/C14H19N5O2S/c1-10-5-6-12(9-11(10)2)15-13-7-8-14(17-16-13)18-22(20,21)19(3)4/h5-9H,1-4H3,(H,15,16)(H,17,18). The largest absolute Gasteiger partial charge is 0.339 e. The normalized spacial score (nSPS) is 11.5. The van der Waals surface area contributed by atoms with Crippen LogP contribution in [0.25, 0.3) is 0 Å². The van der Waals surface area contributed by atoms with E-state index in [1.165, 1.54) is 25.2 Å². The van der Waals surface area contributed by atoms with Crippen molar-refractivity contribution >= 4 is 27.5 Å². The Labute approximate surface area is 130 Å². The van der Waals surface area contributed by atoms with Crippen molar-refractivity contribution in [2.45, 2.75) is 13.8 Å². The fourth-order valence-electron chi connectivity index (χ4n) is 1.64. The molecule has 1 aromatic heterocycles. The minimum atomic E-state index is -3.57. The first-order valence-electron chi connectivity index (χ1n) is 6.66. The highest BCUT2D eigenvalue weighted by molar-refractivity contribution is 7.90. The molecular weight excluding hydrogens is 302 g/mol. The second-order valence-corrected chi connectivity index (χ2v) is 7.00. The zero-order valence-corrected chi connectivity index (χ0v) is 13.8. The van der Waals surface area contributed by atoms with Crippen LogP contribution in [0.3, 0.4) is 0 Å². The summed E-state index contributed by atoms with van der Waals surface area (Å²) < 4.78 is 26.7. The summed E-state index contributed by atoms with van der Waals surface area (Å²) in [5, 5.41) is 10.9. The molecule has 0 bridgehead atoms. The van der Waals surface area contributed by atoms with Gasteiger partial charge in [-0.2, -0.15) is 12.7 Å². The lowest BCUT2D eigenvalue weighted by molar-refractivity contribution is 0.526. The van der Waals surface area contributed by atoms with Gasteiger partial charge < -0.3 is 5.32 Å². The molecule has 7 nitrogen and oxygen atoms in total. The Bertz CT molecular complexity index is 757. The number of anilines is 3. The zero-order valence-electron chi connectivity index (χ0n) is 13.0. The number of hydrogen-bond acceptors (Lipinski definition) is 5. The summed E-state index contributed by atoms with van der Waals surface area (Å²) in [6, 6.07) is 9.20. The van der Waals surface area contributed by atoms with E-state index in [1.54, 1.807) is 12.1 Å². The van der Waals surface area contributed by atoms with Crippen LogP contribution in [0.5, 0.6) is 0 Å². The maximum absolute atomic E-state index is 11.7. The first kappa shape index (κ1) is 16.2. The van der Waals surface area contributed by atoms with Crippen molar-refractivity contribution in [3.63, 3.8) is 0 Å². The van der Waals surface area contributed by atoms with Crippen molar-refractivity contribution < 1.29 is 8.42 Å². The molecule has 0 amide bonds. The third kappa shape index (κ3) is 3.92. The molecule has 0 aliphatic heterocycles. The molecule has 0 atom stereocenters. The van der Waals surface area contributed by atoms with Gasteiger partial charge in [0, 0.05) is 19.8 Å². The second kappa shape index (κ2) is 6.29. The molecule has 0 spiro atoms. The number of aryl methyl sites for hydroxylation is 2. The van der Waals surface area contributed by atoms with Crippen LogP contribution in [0, 0.1) is 13.8 Å². The second-order valence-electron chi connectivity index (χ2n) is 5.12. The highest BCUT2D eigenvalue weighted by Gasteiger charge is 2.13. The van der Waals surface area contributed by atoms with Gasteiger partial charge >= 0.3 is 10.2 Å². The molecule has 2 aromatic rings. The molecule has 0 radical (unpaired) electrons. The Balaban J connectivity index is 2.10. The predicted octanol–water partition coefficient (Wildman–Crippen LogP) is 2.06. The molecule has 1 aromatic carbocycles. The van der Waals surface area contributed by atoms with Crippen LogP contribution in [-0.2, 0) is 10.2 Å². The first-order valence-corrected chi connectivity index (χ1v) is 8.10. The Morgan fingerprint density at radius 3 is 2.14 bits per heavy atom. The number of nitrogens with zero attached hydrogens (tertiary/aromatic N) is 3. The molecule has 2 rings (SSSR count). The van der Waals surface area contributed by atoms with Gasteiger partial charge in [0.25, 0.3) is 0 Å². The summed E-state index contributed by atoms with van der Waals surface area (Å²) >= 11 is 0. The monoisotopic (exact) mass is 321 g/mol. The number of nitrogens with one attached hydrogen (secondary N) is 2. The molecular formula is C14H19N5O2S. The lowest BCUT2D eigenvalue weighted by atomic mass is 10.1. The third-order valence-corrected chi connectivity index (χ3v) is 4.59. The third-order valence-electron chi connectivity index (χ3n) is 3.16. The topological polar surface area (TPSA) is 87.2 Å². The smallest absolute Gasteiger partial charge is 0.302 e. The van der Waals surface area contributed by atoms with Crippen LogP contribution < -0.4 is 10.0 Å². The minimum Gasteiger partial charge on any atom is -0.339 e. The van der Waals surface area contributed by atoms with Crippen molar-refractivity contribution in [3.05, 3.63) is 41.5 Å². The van der Waals surface area contributed by atoms with Gasteiger partial charge in [0.05, 0.1) is 0 Å². The first-order chi connectivity index (χ1) is 10.3. The summed E-state index contributed by atoms with van der Waals surface area (Å²) in [6.45, 7) is 4.08. The quantitative estimate of drug-likeness (QED) is 0.880. The fourth-order valence-corrected chi connectivity index (χ4v) is 2.20. The molecule has 1 heterocycles. The van der Waals surface area contributed by atoms with Crippen molar-refractivity contribution in [2.75, 3.05) is 24.1 Å². The molecule has 0 fully saturated rings. The average Bonchev–Trinajstić information content (AvgIpc) is 2.44. The lowest BCUT2D eigenvalue weighted by Crippen LogP contribution is -2.29. The molecule has 0 aliphatic carbocycles. The summed E-state index contributed by atoms with van der Waals surface area (Å²) in [4.78, 5) is 0. The summed E-state index contributed by atoms with van der Waals surface area (Å²) in [5.74, 6) is 0.704. The van der Waals surface area contributed by atoms with Crippen LogP contribution in [0.15, 0.2) is 30.3 Å². The van der Waals surface area contributed by atoms with Gasteiger partial charge in [-0.15, -0.1) is 10.2 Å². The van der Waals surface area contributed by atoms with Gasteiger partial charge in [0.2, 0.25) is 0 Å². The van der Waals surface area contributed by atoms with Crippen LogP contribution in [0.2, 0.25) is 0 Å². The maximum atomic E-state index is 11.7. The van der Waals surface area contributed by atoms with E-state index in [4.69, 9.17) is 0 Å². The predicted molar refractivity (Wildman–Crippen MR) is 87.5 cm³/mol. The van der Waals surface area contributed by atoms with Gasteiger partial charge in [-0.05, 0) is 49.2 Å². The highest BCUT2D eigenvalue weighted by Crippen LogP contribution is 2.18. The van der Waals surface area contributed by atoms with E-state index < -0.39 is 10.2 Å². The number of rotatable bonds is 5. The van der Waals surface area contributed by atoms with Crippen molar-refractivity contribution in [1.82, 2.24) is 14.5 Å². The maximum Gasteiger partial charge on any atom is 0.302 e.